The number of ether oxygens (including phenoxy) is 1. The zero-order chi connectivity index (χ0) is 10.6. The molecule has 0 unspecified atom stereocenters. The summed E-state index contributed by atoms with van der Waals surface area (Å²) in [4.78, 5) is 19.2. The van der Waals surface area contributed by atoms with Crippen LogP contribution in [0.5, 0.6) is 0 Å². The van der Waals surface area contributed by atoms with E-state index in [4.69, 9.17) is 0 Å². The number of nitrogens with one attached hydrogen (secondary N) is 1. The van der Waals surface area contributed by atoms with Crippen molar-refractivity contribution in [3.8, 4) is 0 Å². The molecule has 0 spiro atoms. The molecule has 0 radical (unpaired) electrons. The fourth-order valence-corrected chi connectivity index (χ4v) is 0.933. The third kappa shape index (κ3) is 2.69. The molecule has 14 heavy (non-hydrogen) atoms. The number of methoxy groups -OCH3 is 1. The SMILES string of the molecule is COC(=O)CNc1nc(C)cnc1C. The van der Waals surface area contributed by atoms with Gasteiger partial charge in [0.15, 0.2) is 0 Å². The summed E-state index contributed by atoms with van der Waals surface area (Å²) >= 11 is 0. The minimum atomic E-state index is -0.326. The Morgan fingerprint density at radius 3 is 2.93 bits per heavy atom. The molecule has 0 amide bonds. The topological polar surface area (TPSA) is 64.1 Å². The fraction of sp³-hybridized carbons (Fsp3) is 0.444. The number of carbonyl (C=O) groups is 1. The lowest BCUT2D eigenvalue weighted by Gasteiger charge is -2.06. The average molecular weight is 195 g/mol. The summed E-state index contributed by atoms with van der Waals surface area (Å²) in [5.41, 5.74) is 1.57. The minimum absolute atomic E-state index is 0.107. The second-order valence-electron chi connectivity index (χ2n) is 2.88. The minimum Gasteiger partial charge on any atom is -0.468 e. The molecular formula is C9H13N3O2. The summed E-state index contributed by atoms with van der Waals surface area (Å²) in [5, 5.41) is 2.86. The van der Waals surface area contributed by atoms with Gasteiger partial charge in [0.1, 0.15) is 12.4 Å². The number of aromatic nitrogens is 2. The highest BCUT2D eigenvalue weighted by Crippen LogP contribution is 2.07. The van der Waals surface area contributed by atoms with E-state index in [0.717, 1.165) is 11.4 Å². The summed E-state index contributed by atoms with van der Waals surface area (Å²) in [5.74, 6) is 0.295. The quantitative estimate of drug-likeness (QED) is 0.718. The first-order chi connectivity index (χ1) is 6.63. The average Bonchev–Trinajstić information content (AvgIpc) is 2.19. The molecule has 0 aromatic carbocycles. The van der Waals surface area contributed by atoms with Gasteiger partial charge in [-0.15, -0.1) is 0 Å². The van der Waals surface area contributed by atoms with Crippen LogP contribution in [0.2, 0.25) is 0 Å². The molecule has 5 nitrogen and oxygen atoms in total. The van der Waals surface area contributed by atoms with Gasteiger partial charge in [-0.25, -0.2) is 4.98 Å². The van der Waals surface area contributed by atoms with Crippen LogP contribution in [0.15, 0.2) is 6.20 Å². The normalized spacial score (nSPS) is 9.64. The van der Waals surface area contributed by atoms with Crippen LogP contribution in [0.25, 0.3) is 0 Å². The molecule has 1 aromatic heterocycles. The first-order valence-corrected chi connectivity index (χ1v) is 4.24. The molecule has 1 heterocycles. The molecule has 1 N–H and O–H groups in total. The molecule has 0 aliphatic carbocycles. The van der Waals surface area contributed by atoms with Gasteiger partial charge in [-0.05, 0) is 13.8 Å². The van der Waals surface area contributed by atoms with Crippen molar-refractivity contribution in [2.24, 2.45) is 0 Å². The summed E-state index contributed by atoms with van der Waals surface area (Å²) in [6.07, 6.45) is 1.68. The summed E-state index contributed by atoms with van der Waals surface area (Å²) in [7, 11) is 1.35. The molecule has 0 aliphatic rings. The predicted molar refractivity (Wildman–Crippen MR) is 52.0 cm³/mol. The van der Waals surface area contributed by atoms with Crippen LogP contribution in [0.4, 0.5) is 5.82 Å². The van der Waals surface area contributed by atoms with Gasteiger partial charge in [0.25, 0.3) is 0 Å². The van der Waals surface area contributed by atoms with Gasteiger partial charge < -0.3 is 10.1 Å². The number of hydrogen-bond donors (Lipinski definition) is 1. The molecule has 0 atom stereocenters. The van der Waals surface area contributed by atoms with Gasteiger partial charge in [0.05, 0.1) is 18.5 Å². The first-order valence-electron chi connectivity index (χ1n) is 4.24. The lowest BCUT2D eigenvalue weighted by atomic mass is 10.4. The van der Waals surface area contributed by atoms with Gasteiger partial charge in [-0.3, -0.25) is 9.78 Å². The highest BCUT2D eigenvalue weighted by Gasteiger charge is 2.04. The molecule has 0 bridgehead atoms. The fourth-order valence-electron chi connectivity index (χ4n) is 0.933. The summed E-state index contributed by atoms with van der Waals surface area (Å²) < 4.78 is 4.49. The van der Waals surface area contributed by atoms with Crippen LogP contribution in [0.3, 0.4) is 0 Å². The zero-order valence-electron chi connectivity index (χ0n) is 8.50. The van der Waals surface area contributed by atoms with Crippen molar-refractivity contribution in [3.05, 3.63) is 17.6 Å². The van der Waals surface area contributed by atoms with E-state index in [9.17, 15) is 4.79 Å². The monoisotopic (exact) mass is 195 g/mol. The number of rotatable bonds is 3. The molecule has 0 fully saturated rings. The number of carbonyl (C=O) groups excluding carboxylic acids is 1. The van der Waals surface area contributed by atoms with Crippen LogP contribution in [0.1, 0.15) is 11.4 Å². The van der Waals surface area contributed by atoms with E-state index in [0.29, 0.717) is 5.82 Å². The number of nitrogens with zero attached hydrogens (tertiary/aromatic N) is 2. The lowest BCUT2D eigenvalue weighted by molar-refractivity contribution is -0.138. The Balaban J connectivity index is 2.66. The van der Waals surface area contributed by atoms with Crippen molar-refractivity contribution in [1.29, 1.82) is 0 Å². The van der Waals surface area contributed by atoms with Crippen molar-refractivity contribution < 1.29 is 9.53 Å². The van der Waals surface area contributed by atoms with Crippen LogP contribution >= 0.6 is 0 Å². The Morgan fingerprint density at radius 1 is 1.57 bits per heavy atom. The number of esters is 1. The van der Waals surface area contributed by atoms with Crippen LogP contribution in [0, 0.1) is 13.8 Å². The maximum Gasteiger partial charge on any atom is 0.325 e. The van der Waals surface area contributed by atoms with Crippen molar-refractivity contribution in [1.82, 2.24) is 9.97 Å². The maximum atomic E-state index is 10.8. The molecule has 5 heteroatoms. The van der Waals surface area contributed by atoms with Gasteiger partial charge in [-0.1, -0.05) is 0 Å². The van der Waals surface area contributed by atoms with E-state index in [1.54, 1.807) is 6.20 Å². The molecule has 0 saturated heterocycles. The second-order valence-corrected chi connectivity index (χ2v) is 2.88. The Bertz CT molecular complexity index is 339. The zero-order valence-corrected chi connectivity index (χ0v) is 8.50. The Kier molecular flexibility index (Phi) is 3.39. The van der Waals surface area contributed by atoms with Crippen LogP contribution < -0.4 is 5.32 Å². The van der Waals surface area contributed by atoms with Crippen LogP contribution in [-0.4, -0.2) is 29.6 Å². The summed E-state index contributed by atoms with van der Waals surface area (Å²) in [6.45, 7) is 3.78. The Morgan fingerprint density at radius 2 is 2.29 bits per heavy atom. The third-order valence-electron chi connectivity index (χ3n) is 1.70. The largest absolute Gasteiger partial charge is 0.468 e. The van der Waals surface area contributed by atoms with E-state index in [1.165, 1.54) is 7.11 Å². The molecule has 76 valence electrons. The summed E-state index contributed by atoms with van der Waals surface area (Å²) in [6, 6.07) is 0. The highest BCUT2D eigenvalue weighted by molar-refractivity contribution is 5.74. The van der Waals surface area contributed by atoms with Crippen molar-refractivity contribution in [3.63, 3.8) is 0 Å². The van der Waals surface area contributed by atoms with E-state index >= 15 is 0 Å². The van der Waals surface area contributed by atoms with Crippen molar-refractivity contribution >= 4 is 11.8 Å². The number of aryl methyl sites for hydroxylation is 2. The molecule has 0 aliphatic heterocycles. The standard InChI is InChI=1S/C9H13N3O2/c1-6-4-10-7(2)9(12-6)11-5-8(13)14-3/h4H,5H2,1-3H3,(H,11,12). The van der Waals surface area contributed by atoms with E-state index < -0.39 is 0 Å². The third-order valence-corrected chi connectivity index (χ3v) is 1.70. The molecule has 1 aromatic rings. The Labute approximate surface area is 82.5 Å². The van der Waals surface area contributed by atoms with E-state index in [-0.39, 0.29) is 12.5 Å². The molecular weight excluding hydrogens is 182 g/mol. The number of anilines is 1. The Hall–Kier alpha value is -1.65. The maximum absolute atomic E-state index is 10.8. The van der Waals surface area contributed by atoms with Gasteiger partial charge >= 0.3 is 5.97 Å². The van der Waals surface area contributed by atoms with Crippen LogP contribution in [-0.2, 0) is 9.53 Å². The van der Waals surface area contributed by atoms with Crippen molar-refractivity contribution in [2.45, 2.75) is 13.8 Å². The molecule has 1 rings (SSSR count). The first kappa shape index (κ1) is 10.4. The molecule has 0 saturated carbocycles. The van der Waals surface area contributed by atoms with E-state index in [1.807, 2.05) is 13.8 Å². The van der Waals surface area contributed by atoms with E-state index in [2.05, 4.69) is 20.0 Å². The van der Waals surface area contributed by atoms with Crippen molar-refractivity contribution in [2.75, 3.05) is 19.0 Å². The van der Waals surface area contributed by atoms with Gasteiger partial charge in [0.2, 0.25) is 0 Å². The highest BCUT2D eigenvalue weighted by atomic mass is 16.5. The second kappa shape index (κ2) is 4.55. The van der Waals surface area contributed by atoms with Gasteiger partial charge in [0, 0.05) is 6.20 Å². The van der Waals surface area contributed by atoms with Gasteiger partial charge in [-0.2, -0.15) is 0 Å². The predicted octanol–water partition coefficient (Wildman–Crippen LogP) is 0.678. The number of hydrogen-bond acceptors (Lipinski definition) is 5. The lowest BCUT2D eigenvalue weighted by Crippen LogP contribution is -2.16. The smallest absolute Gasteiger partial charge is 0.325 e.